The molecule has 0 radical (unpaired) electrons. The van der Waals surface area contributed by atoms with E-state index in [9.17, 15) is 4.79 Å². The van der Waals surface area contributed by atoms with Gasteiger partial charge < -0.3 is 14.6 Å². The zero-order valence-electron chi connectivity index (χ0n) is 9.82. The van der Waals surface area contributed by atoms with Crippen molar-refractivity contribution in [1.29, 1.82) is 0 Å². The number of nitrogens with zero attached hydrogens (tertiary/aromatic N) is 1. The van der Waals surface area contributed by atoms with Crippen molar-refractivity contribution in [2.75, 3.05) is 20.1 Å². The summed E-state index contributed by atoms with van der Waals surface area (Å²) in [5.74, 6) is 1.09. The lowest BCUT2D eigenvalue weighted by Crippen LogP contribution is -2.43. The van der Waals surface area contributed by atoms with Crippen molar-refractivity contribution in [3.8, 4) is 0 Å². The maximum absolute atomic E-state index is 11.8. The van der Waals surface area contributed by atoms with Crippen LogP contribution in [0, 0.1) is 6.92 Å². The van der Waals surface area contributed by atoms with Crippen LogP contribution in [0.15, 0.2) is 16.5 Å². The lowest BCUT2D eigenvalue weighted by molar-refractivity contribution is 0.0887. The van der Waals surface area contributed by atoms with E-state index in [-0.39, 0.29) is 11.9 Å². The van der Waals surface area contributed by atoms with E-state index in [0.29, 0.717) is 5.76 Å². The molecule has 0 spiro atoms. The van der Waals surface area contributed by atoms with Crippen molar-refractivity contribution in [3.05, 3.63) is 23.7 Å². The van der Waals surface area contributed by atoms with Gasteiger partial charge in [0, 0.05) is 6.04 Å². The first-order valence-corrected chi connectivity index (χ1v) is 5.71. The quantitative estimate of drug-likeness (QED) is 0.823. The molecule has 1 amide bonds. The number of nitrogens with one attached hydrogen (secondary N) is 1. The van der Waals surface area contributed by atoms with Crippen molar-refractivity contribution in [2.24, 2.45) is 0 Å². The smallest absolute Gasteiger partial charge is 0.287 e. The third kappa shape index (κ3) is 2.64. The van der Waals surface area contributed by atoms with Crippen LogP contribution in [0.1, 0.15) is 29.2 Å². The molecule has 1 aromatic heterocycles. The summed E-state index contributed by atoms with van der Waals surface area (Å²) in [7, 11) is 2.11. The van der Waals surface area contributed by atoms with Crippen LogP contribution in [0.25, 0.3) is 0 Å². The van der Waals surface area contributed by atoms with Gasteiger partial charge >= 0.3 is 0 Å². The zero-order valence-corrected chi connectivity index (χ0v) is 9.82. The van der Waals surface area contributed by atoms with Gasteiger partial charge in [-0.15, -0.1) is 0 Å². The monoisotopic (exact) mass is 222 g/mol. The van der Waals surface area contributed by atoms with Gasteiger partial charge in [-0.3, -0.25) is 4.79 Å². The largest absolute Gasteiger partial charge is 0.456 e. The Morgan fingerprint density at radius 3 is 2.69 bits per heavy atom. The van der Waals surface area contributed by atoms with Gasteiger partial charge in [-0.1, -0.05) is 0 Å². The summed E-state index contributed by atoms with van der Waals surface area (Å²) in [4.78, 5) is 14.1. The number of rotatable bonds is 2. The van der Waals surface area contributed by atoms with Crippen LogP contribution in [0.5, 0.6) is 0 Å². The van der Waals surface area contributed by atoms with Gasteiger partial charge in [0.25, 0.3) is 5.91 Å². The third-order valence-corrected chi connectivity index (χ3v) is 3.02. The number of hydrogen-bond acceptors (Lipinski definition) is 3. The summed E-state index contributed by atoms with van der Waals surface area (Å²) in [6.45, 7) is 3.93. The Morgan fingerprint density at radius 2 is 2.12 bits per heavy atom. The van der Waals surface area contributed by atoms with Gasteiger partial charge in [0.1, 0.15) is 5.76 Å². The maximum Gasteiger partial charge on any atom is 0.287 e. The molecule has 0 aliphatic carbocycles. The van der Waals surface area contributed by atoms with Crippen molar-refractivity contribution in [1.82, 2.24) is 10.2 Å². The summed E-state index contributed by atoms with van der Waals surface area (Å²) < 4.78 is 5.29. The average Bonchev–Trinajstić information content (AvgIpc) is 2.68. The average molecular weight is 222 g/mol. The molecule has 1 saturated heterocycles. The fraction of sp³-hybridized carbons (Fsp3) is 0.583. The first kappa shape index (κ1) is 11.2. The highest BCUT2D eigenvalue weighted by Crippen LogP contribution is 2.11. The van der Waals surface area contributed by atoms with E-state index in [2.05, 4.69) is 17.3 Å². The number of likely N-dealkylation sites (tertiary alicyclic amines) is 1. The minimum Gasteiger partial charge on any atom is -0.456 e. The summed E-state index contributed by atoms with van der Waals surface area (Å²) in [6.07, 6.45) is 2.03. The third-order valence-electron chi connectivity index (χ3n) is 3.02. The molecule has 4 nitrogen and oxygen atoms in total. The lowest BCUT2D eigenvalue weighted by Gasteiger charge is -2.29. The number of carbonyl (C=O) groups excluding carboxylic acids is 1. The fourth-order valence-corrected chi connectivity index (χ4v) is 1.97. The number of hydrogen-bond donors (Lipinski definition) is 1. The van der Waals surface area contributed by atoms with E-state index in [1.165, 1.54) is 0 Å². The highest BCUT2D eigenvalue weighted by Gasteiger charge is 2.20. The number of aryl methyl sites for hydroxylation is 1. The molecular formula is C12H18N2O2. The summed E-state index contributed by atoms with van der Waals surface area (Å²) in [5, 5.41) is 3.01. The van der Waals surface area contributed by atoms with E-state index in [1.807, 2.05) is 13.0 Å². The molecule has 2 heterocycles. The molecule has 1 fully saturated rings. The Balaban J connectivity index is 1.88. The van der Waals surface area contributed by atoms with Gasteiger partial charge in [0.05, 0.1) is 0 Å². The standard InChI is InChI=1S/C12H18N2O2/c1-9-3-4-11(16-9)12(15)13-10-5-7-14(2)8-6-10/h3-4,10H,5-8H2,1-2H3,(H,13,15). The predicted octanol–water partition coefficient (Wildman–Crippen LogP) is 1.41. The molecule has 4 heteroatoms. The van der Waals surface area contributed by atoms with Crippen molar-refractivity contribution < 1.29 is 9.21 Å². The van der Waals surface area contributed by atoms with E-state index < -0.39 is 0 Å². The van der Waals surface area contributed by atoms with Crippen LogP contribution in [-0.4, -0.2) is 37.0 Å². The van der Waals surface area contributed by atoms with Crippen molar-refractivity contribution >= 4 is 5.91 Å². The van der Waals surface area contributed by atoms with Gasteiger partial charge in [0.15, 0.2) is 5.76 Å². The molecular weight excluding hydrogens is 204 g/mol. The molecule has 0 unspecified atom stereocenters. The second-order valence-electron chi connectivity index (χ2n) is 4.46. The zero-order chi connectivity index (χ0) is 11.5. The number of amides is 1. The molecule has 1 aliphatic rings. The van der Waals surface area contributed by atoms with E-state index in [4.69, 9.17) is 4.42 Å². The van der Waals surface area contributed by atoms with Crippen LogP contribution in [0.4, 0.5) is 0 Å². The second kappa shape index (κ2) is 4.70. The Hall–Kier alpha value is -1.29. The molecule has 88 valence electrons. The van der Waals surface area contributed by atoms with Crippen LogP contribution in [0.3, 0.4) is 0 Å². The van der Waals surface area contributed by atoms with Crippen LogP contribution in [0.2, 0.25) is 0 Å². The minimum atomic E-state index is -0.0948. The van der Waals surface area contributed by atoms with Crippen molar-refractivity contribution in [3.63, 3.8) is 0 Å². The molecule has 0 atom stereocenters. The molecule has 0 saturated carbocycles. The second-order valence-corrected chi connectivity index (χ2v) is 4.46. The van der Waals surface area contributed by atoms with Crippen molar-refractivity contribution in [2.45, 2.75) is 25.8 Å². The molecule has 1 N–H and O–H groups in total. The first-order valence-electron chi connectivity index (χ1n) is 5.71. The molecule has 1 aliphatic heterocycles. The molecule has 1 aromatic rings. The van der Waals surface area contributed by atoms with Crippen LogP contribution < -0.4 is 5.32 Å². The predicted molar refractivity (Wildman–Crippen MR) is 61.4 cm³/mol. The van der Waals surface area contributed by atoms with Gasteiger partial charge in [-0.2, -0.15) is 0 Å². The Kier molecular flexibility index (Phi) is 3.29. The molecule has 0 bridgehead atoms. The maximum atomic E-state index is 11.8. The van der Waals surface area contributed by atoms with Crippen LogP contribution in [-0.2, 0) is 0 Å². The number of piperidine rings is 1. The van der Waals surface area contributed by atoms with Gasteiger partial charge in [-0.25, -0.2) is 0 Å². The Labute approximate surface area is 95.6 Å². The van der Waals surface area contributed by atoms with E-state index in [1.54, 1.807) is 6.07 Å². The van der Waals surface area contributed by atoms with Gasteiger partial charge in [-0.05, 0) is 52.0 Å². The molecule has 16 heavy (non-hydrogen) atoms. The van der Waals surface area contributed by atoms with E-state index >= 15 is 0 Å². The topological polar surface area (TPSA) is 45.5 Å². The fourth-order valence-electron chi connectivity index (χ4n) is 1.97. The SMILES string of the molecule is Cc1ccc(C(=O)NC2CCN(C)CC2)o1. The highest BCUT2D eigenvalue weighted by molar-refractivity contribution is 5.91. The van der Waals surface area contributed by atoms with Gasteiger partial charge in [0.2, 0.25) is 0 Å². The first-order chi connectivity index (χ1) is 7.65. The van der Waals surface area contributed by atoms with Crippen LogP contribution >= 0.6 is 0 Å². The Bertz CT molecular complexity index is 365. The minimum absolute atomic E-state index is 0.0948. The molecule has 2 rings (SSSR count). The number of carbonyl (C=O) groups is 1. The lowest BCUT2D eigenvalue weighted by atomic mass is 10.1. The summed E-state index contributed by atoms with van der Waals surface area (Å²) >= 11 is 0. The molecule has 0 aromatic carbocycles. The highest BCUT2D eigenvalue weighted by atomic mass is 16.3. The summed E-state index contributed by atoms with van der Waals surface area (Å²) in [6, 6.07) is 3.82. The van der Waals surface area contributed by atoms with E-state index in [0.717, 1.165) is 31.7 Å². The summed E-state index contributed by atoms with van der Waals surface area (Å²) in [5.41, 5.74) is 0. The number of furan rings is 1. The Morgan fingerprint density at radius 1 is 1.44 bits per heavy atom. The normalized spacial score (nSPS) is 18.6.